The highest BCUT2D eigenvalue weighted by molar-refractivity contribution is 5.97. The molecule has 1 aliphatic rings. The molecule has 0 saturated carbocycles. The van der Waals surface area contributed by atoms with E-state index in [4.69, 9.17) is 0 Å². The third kappa shape index (κ3) is 4.22. The molecule has 1 heterocycles. The second-order valence-corrected chi connectivity index (χ2v) is 6.69. The molecule has 110 valence electrons. The van der Waals surface area contributed by atoms with Gasteiger partial charge in [0.1, 0.15) is 5.92 Å². The Morgan fingerprint density at radius 3 is 2.16 bits per heavy atom. The first-order chi connectivity index (χ1) is 8.77. The Balaban J connectivity index is 2.65. The average Bonchev–Trinajstić information content (AvgIpc) is 2.27. The minimum atomic E-state index is -1.01. The van der Waals surface area contributed by atoms with Crippen molar-refractivity contribution in [2.45, 2.75) is 53.4 Å². The predicted molar refractivity (Wildman–Crippen MR) is 74.8 cm³/mol. The number of carboxylic acids is 1. The maximum absolute atomic E-state index is 12.4. The van der Waals surface area contributed by atoms with Gasteiger partial charge >= 0.3 is 5.97 Å². The number of nitrogens with zero attached hydrogens (tertiary/aromatic N) is 1. The first kappa shape index (κ1) is 16.0. The molecule has 0 bridgehead atoms. The van der Waals surface area contributed by atoms with E-state index in [0.717, 1.165) is 12.8 Å². The molecule has 0 radical (unpaired) electrons. The van der Waals surface area contributed by atoms with E-state index in [9.17, 15) is 14.7 Å². The lowest BCUT2D eigenvalue weighted by molar-refractivity contribution is -0.156. The lowest BCUT2D eigenvalue weighted by atomic mass is 9.79. The number of aliphatic carboxylic acids is 1. The van der Waals surface area contributed by atoms with Crippen molar-refractivity contribution in [1.82, 2.24) is 4.90 Å². The highest BCUT2D eigenvalue weighted by Crippen LogP contribution is 2.30. The fourth-order valence-corrected chi connectivity index (χ4v) is 2.88. The lowest BCUT2D eigenvalue weighted by Crippen LogP contribution is -2.48. The van der Waals surface area contributed by atoms with Gasteiger partial charge in [-0.25, -0.2) is 0 Å². The monoisotopic (exact) mass is 269 g/mol. The molecule has 1 amide bonds. The minimum Gasteiger partial charge on any atom is -0.481 e. The van der Waals surface area contributed by atoms with Gasteiger partial charge in [-0.2, -0.15) is 0 Å². The van der Waals surface area contributed by atoms with Gasteiger partial charge in [-0.3, -0.25) is 9.59 Å². The van der Waals surface area contributed by atoms with Gasteiger partial charge in [-0.1, -0.05) is 40.5 Å². The van der Waals surface area contributed by atoms with Crippen LogP contribution in [0.5, 0.6) is 0 Å². The molecular formula is C15H27NO3. The molecule has 1 saturated heterocycles. The van der Waals surface area contributed by atoms with E-state index in [1.165, 1.54) is 12.8 Å². The Morgan fingerprint density at radius 1 is 1.26 bits per heavy atom. The zero-order valence-corrected chi connectivity index (χ0v) is 12.6. The van der Waals surface area contributed by atoms with Gasteiger partial charge < -0.3 is 10.0 Å². The molecular weight excluding hydrogens is 242 g/mol. The number of carbonyl (C=O) groups is 2. The van der Waals surface area contributed by atoms with Crippen molar-refractivity contribution in [2.24, 2.45) is 17.3 Å². The zero-order chi connectivity index (χ0) is 14.6. The Bertz CT molecular complexity index is 325. The van der Waals surface area contributed by atoms with E-state index in [1.807, 2.05) is 20.8 Å². The number of piperidine rings is 1. The van der Waals surface area contributed by atoms with Crippen molar-refractivity contribution in [2.75, 3.05) is 13.1 Å². The normalized spacial score (nSPS) is 19.3. The molecule has 0 aliphatic carbocycles. The minimum absolute atomic E-state index is 0.213. The number of rotatable bonds is 4. The fraction of sp³-hybridized carbons (Fsp3) is 0.867. The van der Waals surface area contributed by atoms with Gasteiger partial charge in [0.25, 0.3) is 0 Å². The number of hydrogen-bond acceptors (Lipinski definition) is 2. The van der Waals surface area contributed by atoms with Crippen LogP contribution >= 0.6 is 0 Å². The van der Waals surface area contributed by atoms with Crippen molar-refractivity contribution in [1.29, 1.82) is 0 Å². The summed E-state index contributed by atoms with van der Waals surface area (Å²) in [7, 11) is 0. The largest absolute Gasteiger partial charge is 0.481 e. The third-order valence-corrected chi connectivity index (χ3v) is 3.98. The van der Waals surface area contributed by atoms with Crippen molar-refractivity contribution in [3.63, 3.8) is 0 Å². The highest BCUT2D eigenvalue weighted by Gasteiger charge is 2.40. The topological polar surface area (TPSA) is 57.6 Å². The summed E-state index contributed by atoms with van der Waals surface area (Å²) in [6.45, 7) is 9.04. The molecule has 0 spiro atoms. The molecule has 1 atom stereocenters. The summed E-state index contributed by atoms with van der Waals surface area (Å²) in [5, 5.41) is 9.30. The summed E-state index contributed by atoms with van der Waals surface area (Å²) in [5.74, 6) is -1.45. The van der Waals surface area contributed by atoms with E-state index in [0.29, 0.717) is 19.0 Å². The second kappa shape index (κ2) is 6.40. The maximum Gasteiger partial charge on any atom is 0.316 e. The number of carbonyl (C=O) groups excluding carboxylic acids is 1. The fourth-order valence-electron chi connectivity index (χ4n) is 2.88. The summed E-state index contributed by atoms with van der Waals surface area (Å²) < 4.78 is 0. The lowest BCUT2D eigenvalue weighted by Gasteiger charge is -2.36. The Labute approximate surface area is 116 Å². The van der Waals surface area contributed by atoms with Crippen molar-refractivity contribution in [3.05, 3.63) is 0 Å². The van der Waals surface area contributed by atoms with Crippen LogP contribution in [-0.2, 0) is 9.59 Å². The average molecular weight is 269 g/mol. The Hall–Kier alpha value is -1.06. The van der Waals surface area contributed by atoms with Crippen LogP contribution in [0.25, 0.3) is 0 Å². The molecule has 0 aromatic heterocycles. The number of likely N-dealkylation sites (tertiary alicyclic amines) is 1. The highest BCUT2D eigenvalue weighted by atomic mass is 16.4. The summed E-state index contributed by atoms with van der Waals surface area (Å²) in [4.78, 5) is 25.5. The van der Waals surface area contributed by atoms with Gasteiger partial charge in [0, 0.05) is 13.1 Å². The molecule has 1 unspecified atom stereocenters. The SMILES string of the molecule is CCCC1CCN(C(=O)C(C(=O)O)C(C)(C)C)CC1. The quantitative estimate of drug-likeness (QED) is 0.798. The van der Waals surface area contributed by atoms with Crippen LogP contribution in [-0.4, -0.2) is 35.0 Å². The predicted octanol–water partition coefficient (Wildman–Crippen LogP) is 2.77. The number of hydrogen-bond donors (Lipinski definition) is 1. The van der Waals surface area contributed by atoms with Crippen LogP contribution in [0.4, 0.5) is 0 Å². The molecule has 19 heavy (non-hydrogen) atoms. The molecule has 1 N–H and O–H groups in total. The Morgan fingerprint density at radius 2 is 1.79 bits per heavy atom. The van der Waals surface area contributed by atoms with Crippen molar-refractivity contribution >= 4 is 11.9 Å². The third-order valence-electron chi connectivity index (χ3n) is 3.98. The van der Waals surface area contributed by atoms with E-state index in [1.54, 1.807) is 4.90 Å². The molecule has 4 heteroatoms. The first-order valence-corrected chi connectivity index (χ1v) is 7.29. The van der Waals surface area contributed by atoms with Crippen LogP contribution in [0.3, 0.4) is 0 Å². The number of amides is 1. The molecule has 0 aromatic rings. The van der Waals surface area contributed by atoms with E-state index >= 15 is 0 Å². The van der Waals surface area contributed by atoms with Gasteiger partial charge in [0.2, 0.25) is 5.91 Å². The van der Waals surface area contributed by atoms with Crippen LogP contribution < -0.4 is 0 Å². The van der Waals surface area contributed by atoms with Crippen LogP contribution in [0.15, 0.2) is 0 Å². The Kier molecular flexibility index (Phi) is 5.39. The molecule has 1 fully saturated rings. The standard InChI is InChI=1S/C15H27NO3/c1-5-6-11-7-9-16(10-8-11)13(17)12(14(18)19)15(2,3)4/h11-12H,5-10H2,1-4H3,(H,18,19). The van der Waals surface area contributed by atoms with Gasteiger partial charge in [-0.15, -0.1) is 0 Å². The summed E-state index contributed by atoms with van der Waals surface area (Å²) in [6, 6.07) is 0. The van der Waals surface area contributed by atoms with E-state index in [-0.39, 0.29) is 5.91 Å². The summed E-state index contributed by atoms with van der Waals surface area (Å²) in [5.41, 5.74) is -0.539. The molecule has 4 nitrogen and oxygen atoms in total. The summed E-state index contributed by atoms with van der Waals surface area (Å²) >= 11 is 0. The van der Waals surface area contributed by atoms with Crippen LogP contribution in [0.2, 0.25) is 0 Å². The number of carboxylic acid groups (broad SMARTS) is 1. The van der Waals surface area contributed by atoms with Crippen molar-refractivity contribution in [3.8, 4) is 0 Å². The van der Waals surface area contributed by atoms with Gasteiger partial charge in [0.15, 0.2) is 0 Å². The molecule has 0 aromatic carbocycles. The van der Waals surface area contributed by atoms with Crippen molar-refractivity contribution < 1.29 is 14.7 Å². The smallest absolute Gasteiger partial charge is 0.316 e. The maximum atomic E-state index is 12.4. The van der Waals surface area contributed by atoms with Crippen LogP contribution in [0, 0.1) is 17.3 Å². The zero-order valence-electron chi connectivity index (χ0n) is 12.6. The van der Waals surface area contributed by atoms with Gasteiger partial charge in [-0.05, 0) is 24.2 Å². The van der Waals surface area contributed by atoms with Gasteiger partial charge in [0.05, 0.1) is 0 Å². The second-order valence-electron chi connectivity index (χ2n) is 6.69. The summed E-state index contributed by atoms with van der Waals surface area (Å²) in [6.07, 6.45) is 4.41. The van der Waals surface area contributed by atoms with E-state index < -0.39 is 17.3 Å². The van der Waals surface area contributed by atoms with Crippen LogP contribution in [0.1, 0.15) is 53.4 Å². The first-order valence-electron chi connectivity index (χ1n) is 7.29. The molecule has 1 aliphatic heterocycles. The van der Waals surface area contributed by atoms with E-state index in [2.05, 4.69) is 6.92 Å². The molecule has 1 rings (SSSR count).